The fourth-order valence-electron chi connectivity index (χ4n) is 2.52. The van der Waals surface area contributed by atoms with Gasteiger partial charge in [0.05, 0.1) is 5.69 Å². The monoisotopic (exact) mass is 442 g/mol. The minimum atomic E-state index is -0.434. The molecule has 0 bridgehead atoms. The largest absolute Gasteiger partial charge is 0.489 e. The highest BCUT2D eigenvalue weighted by Crippen LogP contribution is 2.17. The molecule has 0 aliphatic carbocycles. The second kappa shape index (κ2) is 8.71. The standard InChI is InChI=1S/C20H19BrN4O3/c1-13-11-18(25(2)24-13)20(27)23-22-19(26)15-5-3-14(4-6-15)12-28-17-9-7-16(21)8-10-17/h3-11H,12H2,1-2H3,(H,22,26)(H,23,27). The summed E-state index contributed by atoms with van der Waals surface area (Å²) in [6.07, 6.45) is 0. The topological polar surface area (TPSA) is 85.3 Å². The molecule has 0 fully saturated rings. The van der Waals surface area contributed by atoms with E-state index in [-0.39, 0.29) is 0 Å². The Kier molecular flexibility index (Phi) is 6.10. The van der Waals surface area contributed by atoms with E-state index in [4.69, 9.17) is 4.74 Å². The number of carbonyl (C=O) groups is 2. The van der Waals surface area contributed by atoms with Crippen LogP contribution in [0.25, 0.3) is 0 Å². The van der Waals surface area contributed by atoms with Crippen molar-refractivity contribution >= 4 is 27.7 Å². The third-order valence-corrected chi connectivity index (χ3v) is 4.49. The van der Waals surface area contributed by atoms with Crippen molar-refractivity contribution in [3.8, 4) is 5.75 Å². The van der Waals surface area contributed by atoms with Crippen LogP contribution in [0.1, 0.15) is 32.1 Å². The van der Waals surface area contributed by atoms with Gasteiger partial charge < -0.3 is 4.74 Å². The maximum absolute atomic E-state index is 12.2. The normalized spacial score (nSPS) is 10.4. The van der Waals surface area contributed by atoms with Gasteiger partial charge in [-0.1, -0.05) is 28.1 Å². The molecule has 3 aromatic rings. The molecule has 0 saturated heterocycles. The van der Waals surface area contributed by atoms with E-state index < -0.39 is 11.8 Å². The number of ether oxygens (including phenoxy) is 1. The van der Waals surface area contributed by atoms with E-state index in [9.17, 15) is 9.59 Å². The summed E-state index contributed by atoms with van der Waals surface area (Å²) >= 11 is 3.38. The van der Waals surface area contributed by atoms with Crippen molar-refractivity contribution in [3.63, 3.8) is 0 Å². The van der Waals surface area contributed by atoms with Gasteiger partial charge in [-0.15, -0.1) is 0 Å². The van der Waals surface area contributed by atoms with Gasteiger partial charge in [0.1, 0.15) is 18.1 Å². The van der Waals surface area contributed by atoms with Crippen molar-refractivity contribution in [1.29, 1.82) is 0 Å². The van der Waals surface area contributed by atoms with Gasteiger partial charge in [-0.2, -0.15) is 5.10 Å². The molecule has 3 rings (SSSR count). The molecule has 0 unspecified atom stereocenters. The van der Waals surface area contributed by atoms with Gasteiger partial charge in [0.15, 0.2) is 0 Å². The predicted octanol–water partition coefficient (Wildman–Crippen LogP) is 3.14. The number of aryl methyl sites for hydroxylation is 2. The van der Waals surface area contributed by atoms with Crippen molar-refractivity contribution in [2.75, 3.05) is 0 Å². The first-order chi connectivity index (χ1) is 13.4. The maximum atomic E-state index is 12.2. The molecule has 2 aromatic carbocycles. The molecule has 2 N–H and O–H groups in total. The molecular weight excluding hydrogens is 424 g/mol. The summed E-state index contributed by atoms with van der Waals surface area (Å²) < 4.78 is 8.14. The van der Waals surface area contributed by atoms with Gasteiger partial charge in [0.2, 0.25) is 0 Å². The number of nitrogens with one attached hydrogen (secondary N) is 2. The van der Waals surface area contributed by atoms with Crippen LogP contribution in [-0.4, -0.2) is 21.6 Å². The van der Waals surface area contributed by atoms with Crippen molar-refractivity contribution in [2.24, 2.45) is 7.05 Å². The first kappa shape index (κ1) is 19.6. The summed E-state index contributed by atoms with van der Waals surface area (Å²) in [5.74, 6) is -0.0817. The van der Waals surface area contributed by atoms with Crippen LogP contribution in [-0.2, 0) is 13.7 Å². The third kappa shape index (κ3) is 4.98. The molecule has 0 atom stereocenters. The summed E-state index contributed by atoms with van der Waals surface area (Å²) in [6, 6.07) is 16.2. The number of aromatic nitrogens is 2. The number of amides is 2. The Hall–Kier alpha value is -3.13. The van der Waals surface area contributed by atoms with Gasteiger partial charge in [-0.25, -0.2) is 0 Å². The second-order valence-corrected chi connectivity index (χ2v) is 7.06. The SMILES string of the molecule is Cc1cc(C(=O)NNC(=O)c2ccc(COc3ccc(Br)cc3)cc2)n(C)n1. The molecule has 0 spiro atoms. The maximum Gasteiger partial charge on any atom is 0.287 e. The zero-order valence-corrected chi connectivity index (χ0v) is 17.0. The molecule has 7 nitrogen and oxygen atoms in total. The van der Waals surface area contributed by atoms with Crippen LogP contribution in [0.15, 0.2) is 59.1 Å². The summed E-state index contributed by atoms with van der Waals surface area (Å²) in [7, 11) is 1.67. The fraction of sp³-hybridized carbons (Fsp3) is 0.150. The number of hydrazine groups is 1. The number of carbonyl (C=O) groups excluding carboxylic acids is 2. The minimum absolute atomic E-state index is 0.359. The highest BCUT2D eigenvalue weighted by molar-refractivity contribution is 9.10. The molecule has 8 heteroatoms. The smallest absolute Gasteiger partial charge is 0.287 e. The molecule has 2 amide bonds. The number of halogens is 1. The Bertz CT molecular complexity index is 982. The van der Waals surface area contributed by atoms with Crippen molar-refractivity contribution in [2.45, 2.75) is 13.5 Å². The second-order valence-electron chi connectivity index (χ2n) is 6.14. The van der Waals surface area contributed by atoms with Crippen LogP contribution >= 0.6 is 15.9 Å². The highest BCUT2D eigenvalue weighted by Gasteiger charge is 2.13. The molecule has 1 heterocycles. The van der Waals surface area contributed by atoms with E-state index in [0.29, 0.717) is 17.9 Å². The molecule has 0 aliphatic rings. The summed E-state index contributed by atoms with van der Waals surface area (Å²) in [5, 5.41) is 4.10. The van der Waals surface area contributed by atoms with E-state index in [1.165, 1.54) is 4.68 Å². The Morgan fingerprint density at radius 3 is 2.29 bits per heavy atom. The lowest BCUT2D eigenvalue weighted by atomic mass is 10.1. The minimum Gasteiger partial charge on any atom is -0.489 e. The van der Waals surface area contributed by atoms with E-state index in [2.05, 4.69) is 31.9 Å². The predicted molar refractivity (Wildman–Crippen MR) is 108 cm³/mol. The van der Waals surface area contributed by atoms with Crippen molar-refractivity contribution in [1.82, 2.24) is 20.6 Å². The highest BCUT2D eigenvalue weighted by atomic mass is 79.9. The number of hydrogen-bond acceptors (Lipinski definition) is 4. The van der Waals surface area contributed by atoms with Gasteiger partial charge in [0.25, 0.3) is 11.8 Å². The van der Waals surface area contributed by atoms with Gasteiger partial charge in [0, 0.05) is 17.1 Å². The lowest BCUT2D eigenvalue weighted by Crippen LogP contribution is -2.42. The quantitative estimate of drug-likeness (QED) is 0.594. The number of rotatable bonds is 5. The van der Waals surface area contributed by atoms with Crippen LogP contribution in [0, 0.1) is 6.92 Å². The lowest BCUT2D eigenvalue weighted by molar-refractivity contribution is 0.0841. The van der Waals surface area contributed by atoms with E-state index >= 15 is 0 Å². The zero-order chi connectivity index (χ0) is 20.1. The lowest BCUT2D eigenvalue weighted by Gasteiger charge is -2.09. The molecule has 0 aliphatic heterocycles. The molecule has 1 aromatic heterocycles. The Balaban J connectivity index is 1.52. The number of hydrogen-bond donors (Lipinski definition) is 2. The van der Waals surface area contributed by atoms with Crippen LogP contribution in [0.2, 0.25) is 0 Å². The zero-order valence-electron chi connectivity index (χ0n) is 15.4. The molecule has 0 radical (unpaired) electrons. The van der Waals surface area contributed by atoms with Crippen molar-refractivity contribution < 1.29 is 14.3 Å². The first-order valence-corrected chi connectivity index (χ1v) is 9.30. The fourth-order valence-corrected chi connectivity index (χ4v) is 2.79. The van der Waals surface area contributed by atoms with Crippen LogP contribution in [0.3, 0.4) is 0 Å². The summed E-state index contributed by atoms with van der Waals surface area (Å²) in [6.45, 7) is 2.18. The number of nitrogens with zero attached hydrogens (tertiary/aromatic N) is 2. The summed E-state index contributed by atoms with van der Waals surface area (Å²) in [4.78, 5) is 24.3. The van der Waals surface area contributed by atoms with Crippen LogP contribution in [0.4, 0.5) is 0 Å². The van der Waals surface area contributed by atoms with Gasteiger partial charge >= 0.3 is 0 Å². The third-order valence-electron chi connectivity index (χ3n) is 3.96. The Labute approximate surface area is 170 Å². The Morgan fingerprint density at radius 1 is 1.04 bits per heavy atom. The van der Waals surface area contributed by atoms with E-state index in [0.717, 1.165) is 21.5 Å². The van der Waals surface area contributed by atoms with E-state index in [1.807, 2.05) is 24.3 Å². The average molecular weight is 443 g/mol. The van der Waals surface area contributed by atoms with Gasteiger partial charge in [-0.3, -0.25) is 25.1 Å². The summed E-state index contributed by atoms with van der Waals surface area (Å²) in [5.41, 5.74) is 7.22. The molecule has 28 heavy (non-hydrogen) atoms. The van der Waals surface area contributed by atoms with Crippen molar-refractivity contribution in [3.05, 3.63) is 81.6 Å². The number of benzene rings is 2. The Morgan fingerprint density at radius 2 is 1.68 bits per heavy atom. The molecule has 0 saturated carbocycles. The molecular formula is C20H19BrN4O3. The molecule has 144 valence electrons. The van der Waals surface area contributed by atoms with Crippen LogP contribution in [0.5, 0.6) is 5.75 Å². The van der Waals surface area contributed by atoms with Gasteiger partial charge in [-0.05, 0) is 55.0 Å². The first-order valence-electron chi connectivity index (χ1n) is 8.51. The average Bonchev–Trinajstić information content (AvgIpc) is 3.04. The van der Waals surface area contributed by atoms with Crippen LogP contribution < -0.4 is 15.6 Å². The van der Waals surface area contributed by atoms with E-state index in [1.54, 1.807) is 44.3 Å².